The molecule has 2 aliphatic heterocycles. The van der Waals surface area contributed by atoms with Gasteiger partial charge in [0.1, 0.15) is 24.7 Å². The highest BCUT2D eigenvalue weighted by Gasteiger charge is 2.42. The molecular weight excluding hydrogens is 584 g/mol. The second-order valence-electron chi connectivity index (χ2n) is 10.6. The molecule has 2 aromatic rings. The number of halogens is 1. The Kier molecular flexibility index (Phi) is 9.49. The molecule has 0 aliphatic carbocycles. The standard InChI is InChI=1S/C26H41BrN8O5/c1-28-21-19(23(37)30(3)25(28)39)32(14-10-6-5-9-13-27)17-34(21)35-18-33(15-11-7-8-12-16-36)20-22(35)29(2)26(40)31(4)24(20)38/h36H,5-18H2,1-4H3. The summed E-state index contributed by atoms with van der Waals surface area (Å²) in [7, 11) is 6.24. The first-order valence-electron chi connectivity index (χ1n) is 14.0. The lowest BCUT2D eigenvalue weighted by molar-refractivity contribution is 0.282. The van der Waals surface area contributed by atoms with Gasteiger partial charge in [0.15, 0.2) is 11.6 Å². The van der Waals surface area contributed by atoms with Crippen molar-refractivity contribution in [2.24, 2.45) is 28.2 Å². The van der Waals surface area contributed by atoms with Crippen LogP contribution in [0.3, 0.4) is 0 Å². The average molecular weight is 626 g/mol. The summed E-state index contributed by atoms with van der Waals surface area (Å²) in [6, 6.07) is 0. The Morgan fingerprint density at radius 2 is 1.00 bits per heavy atom. The van der Waals surface area contributed by atoms with Gasteiger partial charge >= 0.3 is 11.4 Å². The molecule has 0 saturated carbocycles. The fourth-order valence-corrected chi connectivity index (χ4v) is 6.04. The number of unbranched alkanes of at least 4 members (excludes halogenated alkanes) is 6. The Balaban J connectivity index is 1.76. The largest absolute Gasteiger partial charge is 0.396 e. The number of hydrazine groups is 1. The third-order valence-corrected chi connectivity index (χ3v) is 8.45. The number of hydrogen-bond acceptors (Lipinski definition) is 9. The molecule has 222 valence electrons. The lowest BCUT2D eigenvalue weighted by Crippen LogP contribution is -2.49. The van der Waals surface area contributed by atoms with E-state index in [0.717, 1.165) is 65.8 Å². The molecule has 4 rings (SSSR count). The van der Waals surface area contributed by atoms with Crippen LogP contribution < -0.4 is 42.3 Å². The number of fused-ring (bicyclic) bond motifs is 2. The normalized spacial score (nSPS) is 14.4. The van der Waals surface area contributed by atoms with Gasteiger partial charge in [0.05, 0.1) is 0 Å². The molecule has 4 heterocycles. The van der Waals surface area contributed by atoms with Gasteiger partial charge in [-0.05, 0) is 25.7 Å². The quantitative estimate of drug-likeness (QED) is 0.254. The highest BCUT2D eigenvalue weighted by molar-refractivity contribution is 9.09. The van der Waals surface area contributed by atoms with E-state index in [1.54, 1.807) is 14.1 Å². The van der Waals surface area contributed by atoms with E-state index < -0.39 is 11.4 Å². The molecular formula is C26H41BrN8O5. The highest BCUT2D eigenvalue weighted by atomic mass is 79.9. The predicted octanol–water partition coefficient (Wildman–Crippen LogP) is 0.772. The van der Waals surface area contributed by atoms with E-state index >= 15 is 0 Å². The molecule has 14 heteroatoms. The van der Waals surface area contributed by atoms with Crippen molar-refractivity contribution in [3.8, 4) is 0 Å². The first-order valence-corrected chi connectivity index (χ1v) is 15.1. The number of alkyl halides is 1. The summed E-state index contributed by atoms with van der Waals surface area (Å²) in [5.41, 5.74) is -0.750. The number of rotatable bonds is 13. The van der Waals surface area contributed by atoms with Gasteiger partial charge < -0.3 is 14.9 Å². The van der Waals surface area contributed by atoms with Crippen LogP contribution in [-0.4, -0.2) is 61.7 Å². The topological polar surface area (TPSA) is 121 Å². The van der Waals surface area contributed by atoms with Crippen LogP contribution in [0.5, 0.6) is 0 Å². The third-order valence-electron chi connectivity index (χ3n) is 7.89. The van der Waals surface area contributed by atoms with E-state index in [0.29, 0.717) is 49.4 Å². The summed E-state index contributed by atoms with van der Waals surface area (Å²) >= 11 is 3.47. The minimum Gasteiger partial charge on any atom is -0.396 e. The number of hydrogen-bond donors (Lipinski definition) is 1. The van der Waals surface area contributed by atoms with E-state index in [4.69, 9.17) is 5.11 Å². The molecule has 0 spiro atoms. The van der Waals surface area contributed by atoms with Crippen molar-refractivity contribution in [1.29, 1.82) is 0 Å². The molecule has 1 N–H and O–H groups in total. The van der Waals surface area contributed by atoms with Gasteiger partial charge in [-0.3, -0.25) is 27.9 Å². The molecule has 0 aromatic carbocycles. The van der Waals surface area contributed by atoms with Gasteiger partial charge in [-0.2, -0.15) is 0 Å². The van der Waals surface area contributed by atoms with Crippen molar-refractivity contribution in [2.45, 2.75) is 51.4 Å². The second-order valence-corrected chi connectivity index (χ2v) is 11.4. The zero-order chi connectivity index (χ0) is 29.1. The average Bonchev–Trinajstić information content (AvgIpc) is 3.51. The molecule has 0 amide bonds. The minimum absolute atomic E-state index is 0.155. The van der Waals surface area contributed by atoms with Crippen LogP contribution in [0.15, 0.2) is 19.2 Å². The Labute approximate surface area is 241 Å². The molecule has 40 heavy (non-hydrogen) atoms. The van der Waals surface area contributed by atoms with Gasteiger partial charge in [-0.25, -0.2) is 19.6 Å². The molecule has 2 aromatic heterocycles. The van der Waals surface area contributed by atoms with Crippen LogP contribution in [0, 0.1) is 0 Å². The van der Waals surface area contributed by atoms with Gasteiger partial charge in [0.25, 0.3) is 11.1 Å². The number of anilines is 4. The molecule has 0 unspecified atom stereocenters. The summed E-state index contributed by atoms with van der Waals surface area (Å²) in [5, 5.41) is 13.8. The van der Waals surface area contributed by atoms with Crippen molar-refractivity contribution < 1.29 is 5.11 Å². The van der Waals surface area contributed by atoms with Crippen LogP contribution in [0.4, 0.5) is 23.0 Å². The van der Waals surface area contributed by atoms with E-state index in [-0.39, 0.29) is 17.7 Å². The van der Waals surface area contributed by atoms with E-state index in [1.165, 1.54) is 23.2 Å². The Morgan fingerprint density at radius 1 is 0.600 bits per heavy atom. The SMILES string of the molecule is Cn1c2c(c(=O)n(C)c1=O)N(CCCCCCO)CN2N1CN(CCCCCCBr)c2c1n(C)c(=O)n(C)c2=O. The molecule has 0 bridgehead atoms. The third kappa shape index (κ3) is 5.35. The first kappa shape index (κ1) is 30.0. The van der Waals surface area contributed by atoms with Crippen molar-refractivity contribution in [2.75, 3.05) is 58.2 Å². The van der Waals surface area contributed by atoms with E-state index in [2.05, 4.69) is 15.9 Å². The molecule has 2 aliphatic rings. The predicted molar refractivity (Wildman–Crippen MR) is 161 cm³/mol. The van der Waals surface area contributed by atoms with Gasteiger partial charge in [-0.15, -0.1) is 0 Å². The van der Waals surface area contributed by atoms with Crippen LogP contribution in [-0.2, 0) is 28.2 Å². The summed E-state index contributed by atoms with van der Waals surface area (Å²) in [4.78, 5) is 56.8. The van der Waals surface area contributed by atoms with Crippen LogP contribution >= 0.6 is 15.9 Å². The van der Waals surface area contributed by atoms with Crippen LogP contribution in [0.1, 0.15) is 51.4 Å². The molecule has 0 radical (unpaired) electrons. The summed E-state index contributed by atoms with van der Waals surface area (Å²) in [6.45, 7) is 2.00. The maximum absolute atomic E-state index is 13.4. The number of nitrogens with zero attached hydrogens (tertiary/aromatic N) is 8. The van der Waals surface area contributed by atoms with Crippen molar-refractivity contribution in [3.05, 3.63) is 41.7 Å². The Hall–Kier alpha value is -3.00. The number of aromatic nitrogens is 4. The monoisotopic (exact) mass is 624 g/mol. The zero-order valence-electron chi connectivity index (χ0n) is 23.9. The van der Waals surface area contributed by atoms with Crippen LogP contribution in [0.25, 0.3) is 0 Å². The minimum atomic E-state index is -0.445. The van der Waals surface area contributed by atoms with Gasteiger partial charge in [0, 0.05) is 53.2 Å². The lowest BCUT2D eigenvalue weighted by Gasteiger charge is -2.33. The number of aliphatic hydroxyl groups is 1. The van der Waals surface area contributed by atoms with Crippen molar-refractivity contribution in [3.63, 3.8) is 0 Å². The fraction of sp³-hybridized carbons (Fsp3) is 0.692. The van der Waals surface area contributed by atoms with E-state index in [1.807, 2.05) is 19.8 Å². The first-order chi connectivity index (χ1) is 19.1. The summed E-state index contributed by atoms with van der Waals surface area (Å²) < 4.78 is 5.17. The Morgan fingerprint density at radius 3 is 1.40 bits per heavy atom. The summed E-state index contributed by atoms with van der Waals surface area (Å²) in [5.74, 6) is 0.902. The second kappa shape index (κ2) is 12.7. The highest BCUT2D eigenvalue weighted by Crippen LogP contribution is 2.39. The molecule has 13 nitrogen and oxygen atoms in total. The summed E-state index contributed by atoms with van der Waals surface area (Å²) in [6.07, 6.45) is 7.42. The molecule has 0 saturated heterocycles. The van der Waals surface area contributed by atoms with E-state index in [9.17, 15) is 19.2 Å². The Bertz CT molecular complexity index is 1350. The van der Waals surface area contributed by atoms with Gasteiger partial charge in [-0.1, -0.05) is 41.6 Å². The number of aliphatic hydroxyl groups excluding tert-OH is 1. The smallest absolute Gasteiger partial charge is 0.332 e. The maximum atomic E-state index is 13.4. The maximum Gasteiger partial charge on any atom is 0.332 e. The van der Waals surface area contributed by atoms with Crippen molar-refractivity contribution in [1.82, 2.24) is 18.3 Å². The molecule has 0 atom stereocenters. The zero-order valence-corrected chi connectivity index (χ0v) is 25.5. The fourth-order valence-electron chi connectivity index (χ4n) is 5.64. The lowest BCUT2D eigenvalue weighted by atomic mass is 10.2. The van der Waals surface area contributed by atoms with Crippen LogP contribution in [0.2, 0.25) is 0 Å². The van der Waals surface area contributed by atoms with Gasteiger partial charge in [0.2, 0.25) is 0 Å². The molecule has 0 fully saturated rings. The van der Waals surface area contributed by atoms with Crippen molar-refractivity contribution >= 4 is 38.9 Å².